The van der Waals surface area contributed by atoms with E-state index in [1.165, 1.54) is 12.1 Å². The first-order valence-corrected chi connectivity index (χ1v) is 10.3. The van der Waals surface area contributed by atoms with Gasteiger partial charge in [-0.2, -0.15) is 4.72 Å². The number of hydrogen-bond donors (Lipinski definition) is 2. The molecule has 0 saturated carbocycles. The quantitative estimate of drug-likeness (QED) is 0.369. The molecule has 144 valence electrons. The Balaban J connectivity index is 2.13. The van der Waals surface area contributed by atoms with Crippen LogP contribution in [0.3, 0.4) is 0 Å². The number of rotatable bonds is 8. The Morgan fingerprint density at radius 1 is 1.04 bits per heavy atom. The zero-order valence-electron chi connectivity index (χ0n) is 13.3. The van der Waals surface area contributed by atoms with E-state index < -0.39 is 44.3 Å². The van der Waals surface area contributed by atoms with Gasteiger partial charge in [0.15, 0.2) is 4.90 Å². The minimum Gasteiger partial charge on any atom is -0.424 e. The molecule has 0 saturated heterocycles. The lowest BCUT2D eigenvalue weighted by Gasteiger charge is -2.14. The molecule has 2 rings (SSSR count). The first-order chi connectivity index (χ1) is 12.5. The van der Waals surface area contributed by atoms with Crippen molar-refractivity contribution in [3.63, 3.8) is 0 Å². The van der Waals surface area contributed by atoms with E-state index in [9.17, 15) is 38.1 Å². The highest BCUT2D eigenvalue weighted by atomic mass is 32.2. The van der Waals surface area contributed by atoms with Crippen LogP contribution in [0.1, 0.15) is 0 Å². The molecule has 0 heterocycles. The van der Waals surface area contributed by atoms with Crippen molar-refractivity contribution in [2.45, 2.75) is 4.90 Å². The van der Waals surface area contributed by atoms with Crippen LogP contribution < -0.4 is 9.25 Å². The molecule has 14 heteroatoms. The summed E-state index contributed by atoms with van der Waals surface area (Å²) < 4.78 is 43.0. The van der Waals surface area contributed by atoms with Gasteiger partial charge in [-0.05, 0) is 18.2 Å². The van der Waals surface area contributed by atoms with Crippen LogP contribution in [-0.4, -0.2) is 29.4 Å². The number of sulfonamides is 1. The molecule has 27 heavy (non-hydrogen) atoms. The third kappa shape index (κ3) is 5.31. The minimum atomic E-state index is -4.54. The van der Waals surface area contributed by atoms with E-state index in [1.54, 1.807) is 4.72 Å². The van der Waals surface area contributed by atoms with Crippen molar-refractivity contribution in [3.8, 4) is 5.75 Å². The lowest BCUT2D eigenvalue weighted by molar-refractivity contribution is -0.387. The Labute approximate surface area is 152 Å². The summed E-state index contributed by atoms with van der Waals surface area (Å²) in [7, 11) is -9.01. The highest BCUT2D eigenvalue weighted by molar-refractivity contribution is 7.90. The molecule has 0 aliphatic rings. The van der Waals surface area contributed by atoms with Crippen LogP contribution in [-0.2, 0) is 14.6 Å². The summed E-state index contributed by atoms with van der Waals surface area (Å²) in [6, 6.07) is 8.68. The van der Waals surface area contributed by atoms with Gasteiger partial charge in [-0.3, -0.25) is 20.2 Å². The summed E-state index contributed by atoms with van der Waals surface area (Å²) in [5.41, 5.74) is -0.971. The summed E-state index contributed by atoms with van der Waals surface area (Å²) >= 11 is 0. The van der Waals surface area contributed by atoms with Gasteiger partial charge < -0.3 is 9.42 Å². The maximum atomic E-state index is 12.2. The molecular formula is C13H12N3O9PS. The van der Waals surface area contributed by atoms with Gasteiger partial charge in [0.25, 0.3) is 11.4 Å². The zero-order chi connectivity index (χ0) is 20.2. The Bertz CT molecular complexity index is 1020. The lowest BCUT2D eigenvalue weighted by Crippen LogP contribution is -2.26. The number of benzene rings is 2. The second-order valence-electron chi connectivity index (χ2n) is 5.01. The fraction of sp³-hybridized carbons (Fsp3) is 0.0769. The van der Waals surface area contributed by atoms with Crippen LogP contribution in [0, 0.1) is 20.2 Å². The normalized spacial score (nSPS) is 13.5. The van der Waals surface area contributed by atoms with Crippen LogP contribution >= 0.6 is 7.60 Å². The van der Waals surface area contributed by atoms with Crippen molar-refractivity contribution < 1.29 is 32.2 Å². The minimum absolute atomic E-state index is 0.198. The van der Waals surface area contributed by atoms with E-state index in [1.807, 2.05) is 0 Å². The molecule has 0 aromatic heterocycles. The number of nitro benzene ring substituents is 2. The molecule has 0 fully saturated rings. The average molecular weight is 417 g/mol. The molecular weight excluding hydrogens is 405 g/mol. The van der Waals surface area contributed by atoms with Crippen molar-refractivity contribution in [2.75, 3.05) is 6.29 Å². The number of nitro groups is 2. The molecule has 2 aromatic carbocycles. The number of hydrogen-bond acceptors (Lipinski definition) is 8. The number of para-hydroxylation sites is 1. The Hall–Kier alpha value is -2.86. The molecule has 1 atom stereocenters. The van der Waals surface area contributed by atoms with Crippen LogP contribution in [0.5, 0.6) is 5.75 Å². The SMILES string of the molecule is O=[N+]([O-])c1ccc(OP(=O)(O)CNS(=O)(=O)c2ccccc2[N+](=O)[O-])cc1. The van der Waals surface area contributed by atoms with Crippen molar-refractivity contribution in [2.24, 2.45) is 0 Å². The monoisotopic (exact) mass is 417 g/mol. The van der Waals surface area contributed by atoms with Crippen molar-refractivity contribution in [3.05, 3.63) is 68.8 Å². The van der Waals surface area contributed by atoms with Gasteiger partial charge in [-0.1, -0.05) is 12.1 Å². The summed E-state index contributed by atoms with van der Waals surface area (Å²) in [6.07, 6.45) is -1.07. The number of non-ortho nitro benzene ring substituents is 1. The number of nitrogens with zero attached hydrogens (tertiary/aromatic N) is 2. The molecule has 2 N–H and O–H groups in total. The van der Waals surface area contributed by atoms with Gasteiger partial charge in [0.05, 0.1) is 9.85 Å². The fourth-order valence-corrected chi connectivity index (χ4v) is 4.58. The highest BCUT2D eigenvalue weighted by Crippen LogP contribution is 2.42. The van der Waals surface area contributed by atoms with Crippen molar-refractivity contribution in [1.29, 1.82) is 0 Å². The largest absolute Gasteiger partial charge is 0.424 e. The maximum Gasteiger partial charge on any atom is 0.391 e. The second-order valence-corrected chi connectivity index (χ2v) is 8.52. The zero-order valence-corrected chi connectivity index (χ0v) is 15.0. The topological polar surface area (TPSA) is 179 Å². The predicted molar refractivity (Wildman–Crippen MR) is 91.8 cm³/mol. The highest BCUT2D eigenvalue weighted by Gasteiger charge is 2.29. The van der Waals surface area contributed by atoms with Gasteiger partial charge in [0.2, 0.25) is 10.0 Å². The van der Waals surface area contributed by atoms with E-state index in [4.69, 9.17) is 4.52 Å². The van der Waals surface area contributed by atoms with E-state index in [0.717, 1.165) is 36.4 Å². The fourth-order valence-electron chi connectivity index (χ4n) is 1.91. The van der Waals surface area contributed by atoms with Gasteiger partial charge in [-0.15, -0.1) is 0 Å². The van der Waals surface area contributed by atoms with Crippen LogP contribution in [0.25, 0.3) is 0 Å². The van der Waals surface area contributed by atoms with Gasteiger partial charge in [0.1, 0.15) is 12.0 Å². The second kappa shape index (κ2) is 7.80. The third-order valence-electron chi connectivity index (χ3n) is 3.10. The Morgan fingerprint density at radius 2 is 1.63 bits per heavy atom. The standard InChI is InChI=1S/C13H12N3O9PS/c17-15(18)10-5-7-11(8-6-10)25-26(21,22)9-14-27(23,24)13-4-2-1-3-12(13)16(19)20/h1-8,14H,9H2,(H,21,22). The van der Waals surface area contributed by atoms with Gasteiger partial charge >= 0.3 is 7.60 Å². The summed E-state index contributed by atoms with van der Waals surface area (Å²) in [5, 5.41) is 21.5. The molecule has 0 radical (unpaired) electrons. The Kier molecular flexibility index (Phi) is 5.91. The summed E-state index contributed by atoms with van der Waals surface area (Å²) in [4.78, 5) is 29.0. The summed E-state index contributed by atoms with van der Waals surface area (Å²) in [5.74, 6) is -0.198. The number of nitrogens with one attached hydrogen (secondary N) is 1. The van der Waals surface area contributed by atoms with Crippen LogP contribution in [0.15, 0.2) is 53.4 Å². The van der Waals surface area contributed by atoms with Gasteiger partial charge in [-0.25, -0.2) is 13.0 Å². The first-order valence-electron chi connectivity index (χ1n) is 7.01. The van der Waals surface area contributed by atoms with Gasteiger partial charge in [0, 0.05) is 18.2 Å². The van der Waals surface area contributed by atoms with E-state index in [0.29, 0.717) is 0 Å². The van der Waals surface area contributed by atoms with Crippen LogP contribution in [0.2, 0.25) is 0 Å². The molecule has 0 aliphatic heterocycles. The molecule has 0 aliphatic carbocycles. The van der Waals surface area contributed by atoms with E-state index >= 15 is 0 Å². The first kappa shape index (κ1) is 20.5. The maximum absolute atomic E-state index is 12.2. The molecule has 2 aromatic rings. The van der Waals surface area contributed by atoms with E-state index in [2.05, 4.69) is 0 Å². The van der Waals surface area contributed by atoms with Crippen molar-refractivity contribution >= 4 is 29.0 Å². The molecule has 0 bridgehead atoms. The smallest absolute Gasteiger partial charge is 0.391 e. The summed E-state index contributed by atoms with van der Waals surface area (Å²) in [6.45, 7) is 0. The van der Waals surface area contributed by atoms with Crippen molar-refractivity contribution in [1.82, 2.24) is 4.72 Å². The van der Waals surface area contributed by atoms with E-state index in [-0.39, 0.29) is 11.4 Å². The molecule has 0 spiro atoms. The van der Waals surface area contributed by atoms with Crippen LogP contribution in [0.4, 0.5) is 11.4 Å². The molecule has 1 unspecified atom stereocenters. The molecule has 0 amide bonds. The predicted octanol–water partition coefficient (Wildman–Crippen LogP) is 2.00. The molecule has 12 nitrogen and oxygen atoms in total. The lowest BCUT2D eigenvalue weighted by atomic mass is 10.3. The third-order valence-corrected chi connectivity index (χ3v) is 5.82. The Morgan fingerprint density at radius 3 is 2.19 bits per heavy atom. The average Bonchev–Trinajstić information content (AvgIpc) is 2.60.